The molecule has 0 aliphatic heterocycles. The summed E-state index contributed by atoms with van der Waals surface area (Å²) in [6.07, 6.45) is 1.08. The van der Waals surface area contributed by atoms with Gasteiger partial charge < -0.3 is 4.57 Å². The molecule has 120 heavy (non-hydrogen) atoms. The van der Waals surface area contributed by atoms with Gasteiger partial charge in [0.25, 0.3) is 0 Å². The van der Waals surface area contributed by atoms with Crippen molar-refractivity contribution in [3.63, 3.8) is 0 Å². The lowest BCUT2D eigenvalue weighted by atomic mass is 9.82. The Labute approximate surface area is 699 Å². The van der Waals surface area contributed by atoms with Gasteiger partial charge in [-0.1, -0.05) is 326 Å². The summed E-state index contributed by atoms with van der Waals surface area (Å²) in [4.78, 5) is 21.7. The van der Waals surface area contributed by atoms with E-state index in [2.05, 4.69) is 375 Å². The maximum absolute atomic E-state index is 6.67. The van der Waals surface area contributed by atoms with Gasteiger partial charge >= 0.3 is 0 Å². The average molecular weight is 1560 g/mol. The second-order valence-corrected chi connectivity index (χ2v) is 33.7. The summed E-state index contributed by atoms with van der Waals surface area (Å²) in [5.41, 5.74) is 31.0. The van der Waals surface area contributed by atoms with E-state index in [4.69, 9.17) is 31.5 Å². The highest BCUT2D eigenvalue weighted by molar-refractivity contribution is 6.32. The third kappa shape index (κ3) is 10.6. The van der Waals surface area contributed by atoms with E-state index in [0.717, 1.165) is 95.8 Å². The fourth-order valence-electron chi connectivity index (χ4n) is 20.4. The van der Waals surface area contributed by atoms with E-state index in [9.17, 15) is 0 Å². The molecule has 23 aromatic rings. The van der Waals surface area contributed by atoms with Crippen LogP contribution < -0.4 is 0 Å². The Morgan fingerprint density at radius 2 is 0.650 bits per heavy atom. The largest absolute Gasteiger partial charge is 0.309 e. The molecule has 5 heterocycles. The van der Waals surface area contributed by atoms with Crippen molar-refractivity contribution in [3.05, 3.63) is 402 Å². The molecule has 0 radical (unpaired) electrons. The normalized spacial score (nSPS) is 13.2. The van der Waals surface area contributed by atoms with Crippen LogP contribution in [0.3, 0.4) is 0 Å². The molecule has 0 fully saturated rings. The second-order valence-electron chi connectivity index (χ2n) is 33.2. The Balaban J connectivity index is 0.000000120. The first-order valence-corrected chi connectivity index (χ1v) is 41.4. The number of fused-ring (bicyclic) bond motifs is 28. The molecule has 0 unspecified atom stereocenters. The SMILES string of the molecule is C.CC1(C)c2ccccc2-c2ccc(-c3nc4ccccc4nc3-n3c4cc(-n5c6ccccc6c6c7ccccc7ccc65)ccc4c4c5ccccc5ccc43)cc21.CC1(C)c2ccccc2-c2ccc(-c3nc4ccccc4nc3-n3c4cc(Cl)ccc4c4c5ccccc5ccc43)cc21.c1ccc2c(c1)Cc1ccc3ccccc3c1-2. The lowest BCUT2D eigenvalue weighted by molar-refractivity contribution is 0.660. The lowest BCUT2D eigenvalue weighted by Crippen LogP contribution is -2.15. The molecule has 18 aromatic carbocycles. The van der Waals surface area contributed by atoms with Gasteiger partial charge in [0.05, 0.1) is 55.2 Å². The number of hydrogen-bond acceptors (Lipinski definition) is 4. The Bertz CT molecular complexity index is 8320. The lowest BCUT2D eigenvalue weighted by Gasteiger charge is -2.22. The summed E-state index contributed by atoms with van der Waals surface area (Å²) in [7, 11) is 0. The molecule has 0 atom stereocenters. The van der Waals surface area contributed by atoms with E-state index in [1.807, 2.05) is 30.3 Å². The minimum absolute atomic E-state index is 0. The van der Waals surface area contributed by atoms with Crippen molar-refractivity contribution in [2.75, 3.05) is 0 Å². The van der Waals surface area contributed by atoms with Crippen molar-refractivity contribution < 1.29 is 0 Å². The molecule has 0 amide bonds. The molecule has 26 rings (SSSR count). The number of benzene rings is 18. The molecule has 0 saturated heterocycles. The number of aromatic nitrogens is 7. The zero-order valence-electron chi connectivity index (χ0n) is 65.9. The van der Waals surface area contributed by atoms with Crippen molar-refractivity contribution >= 4 is 142 Å². The summed E-state index contributed by atoms with van der Waals surface area (Å²) in [5.74, 6) is 1.61. The van der Waals surface area contributed by atoms with E-state index in [1.165, 1.54) is 148 Å². The van der Waals surface area contributed by atoms with Crippen LogP contribution in [0.1, 0.15) is 68.5 Å². The van der Waals surface area contributed by atoms with E-state index >= 15 is 0 Å². The van der Waals surface area contributed by atoms with Crippen LogP contribution in [-0.2, 0) is 17.3 Å². The predicted octanol–water partition coefficient (Wildman–Crippen LogP) is 29.7. The summed E-state index contributed by atoms with van der Waals surface area (Å²) in [5, 5.41) is 18.0. The Morgan fingerprint density at radius 1 is 0.267 bits per heavy atom. The number of nitrogens with zero attached hydrogens (tertiary/aromatic N) is 7. The summed E-state index contributed by atoms with van der Waals surface area (Å²) < 4.78 is 7.07. The number of para-hydroxylation sites is 5. The van der Waals surface area contributed by atoms with Crippen LogP contribution >= 0.6 is 11.6 Å². The highest BCUT2D eigenvalue weighted by atomic mass is 35.5. The van der Waals surface area contributed by atoms with Gasteiger partial charge in [-0.3, -0.25) is 9.13 Å². The fraction of sp³-hybridized carbons (Fsp3) is 0.0714. The van der Waals surface area contributed by atoms with Crippen molar-refractivity contribution in [3.8, 4) is 73.2 Å². The zero-order chi connectivity index (χ0) is 79.1. The van der Waals surface area contributed by atoms with Crippen molar-refractivity contribution in [1.82, 2.24) is 33.6 Å². The topological polar surface area (TPSA) is 66.3 Å². The van der Waals surface area contributed by atoms with Crippen LogP contribution in [0.25, 0.3) is 204 Å². The van der Waals surface area contributed by atoms with E-state index in [0.29, 0.717) is 5.02 Å². The highest BCUT2D eigenvalue weighted by Gasteiger charge is 2.38. The first kappa shape index (κ1) is 70.8. The minimum Gasteiger partial charge on any atom is -0.309 e. The van der Waals surface area contributed by atoms with Crippen molar-refractivity contribution in [1.29, 1.82) is 0 Å². The van der Waals surface area contributed by atoms with Crippen LogP contribution in [0.15, 0.2) is 364 Å². The first-order chi connectivity index (χ1) is 58.4. The maximum atomic E-state index is 6.67. The van der Waals surface area contributed by atoms with Gasteiger partial charge in [0.15, 0.2) is 11.6 Å². The summed E-state index contributed by atoms with van der Waals surface area (Å²) in [6, 6.07) is 131. The van der Waals surface area contributed by atoms with Crippen LogP contribution in [0.2, 0.25) is 5.02 Å². The number of hydrogen-bond donors (Lipinski definition) is 0. The van der Waals surface area contributed by atoms with Gasteiger partial charge in [-0.2, -0.15) is 0 Å². The van der Waals surface area contributed by atoms with Crippen molar-refractivity contribution in [2.45, 2.75) is 52.4 Å². The molecule has 3 aliphatic rings. The molecule has 0 bridgehead atoms. The first-order valence-electron chi connectivity index (χ1n) is 41.1. The van der Waals surface area contributed by atoms with Crippen LogP contribution in [0.4, 0.5) is 0 Å². The van der Waals surface area contributed by atoms with Gasteiger partial charge in [0.2, 0.25) is 0 Å². The Morgan fingerprint density at radius 3 is 1.18 bits per heavy atom. The molecular formula is C112H78ClN7. The van der Waals surface area contributed by atoms with E-state index < -0.39 is 0 Å². The third-order valence-electron chi connectivity index (χ3n) is 26.0. The standard InChI is InChI=1S/C55H36N4.C39H26ClN3.C17H12.CH4/c1-55(2)43-19-9-7-17-39(43)40-27-23-35(31-44(40)55)53-54(57-46-21-11-10-20-45(46)56-53)59-49-30-25-34-14-4-6-16-38(34)52(49)42-28-26-36(32-50(42)59)58-47-22-12-8-18-41(47)51-37-15-5-3-13-33(37)24-29-48(51)58;1-39(2)30-12-6-5-11-27(30)28-18-15-24(21-31(28)39)37-38(42-33-14-8-7-13-32(33)41-37)43-34-20-16-23-9-3-4-10-26(23)36(34)29-19-17-25(40)22-35(29)43;1-3-7-15-12(5-1)9-10-14-11-13-6-2-4-8-16(13)17(14)15;/h3-32H,1-2H3;3-22H,1-2H3;1-10H,11H2;1H4. The molecule has 568 valence electrons. The Hall–Kier alpha value is -14.6. The van der Waals surface area contributed by atoms with Crippen molar-refractivity contribution in [2.24, 2.45) is 0 Å². The highest BCUT2D eigenvalue weighted by Crippen LogP contribution is 2.53. The third-order valence-corrected chi connectivity index (χ3v) is 26.2. The van der Waals surface area contributed by atoms with Gasteiger partial charge in [0.1, 0.15) is 11.4 Å². The van der Waals surface area contributed by atoms with Crippen LogP contribution in [0, 0.1) is 0 Å². The van der Waals surface area contributed by atoms with E-state index in [-0.39, 0.29) is 18.3 Å². The zero-order valence-corrected chi connectivity index (χ0v) is 66.6. The predicted molar refractivity (Wildman–Crippen MR) is 505 cm³/mol. The van der Waals surface area contributed by atoms with Gasteiger partial charge in [-0.25, -0.2) is 19.9 Å². The Kier molecular flexibility index (Phi) is 15.9. The summed E-state index contributed by atoms with van der Waals surface area (Å²) in [6.45, 7) is 9.31. The van der Waals surface area contributed by atoms with Gasteiger partial charge in [0, 0.05) is 65.0 Å². The average Bonchev–Trinajstić information content (AvgIpc) is 1.55. The van der Waals surface area contributed by atoms with Crippen LogP contribution in [0.5, 0.6) is 0 Å². The van der Waals surface area contributed by atoms with Gasteiger partial charge in [-0.15, -0.1) is 0 Å². The monoisotopic (exact) mass is 1560 g/mol. The molecule has 5 aromatic heterocycles. The van der Waals surface area contributed by atoms with Gasteiger partial charge in [-0.05, 0) is 201 Å². The number of rotatable bonds is 5. The van der Waals surface area contributed by atoms with Crippen LogP contribution in [-0.4, -0.2) is 33.6 Å². The molecule has 3 aliphatic carbocycles. The maximum Gasteiger partial charge on any atom is 0.165 e. The molecule has 0 spiro atoms. The number of halogens is 1. The smallest absolute Gasteiger partial charge is 0.165 e. The molecule has 7 nitrogen and oxygen atoms in total. The fourth-order valence-corrected chi connectivity index (χ4v) is 20.6. The minimum atomic E-state index is -0.152. The molecule has 8 heteroatoms. The molecule has 0 saturated carbocycles. The quantitative estimate of drug-likeness (QED) is 0.172. The summed E-state index contributed by atoms with van der Waals surface area (Å²) >= 11 is 6.67. The van der Waals surface area contributed by atoms with E-state index in [1.54, 1.807) is 0 Å². The molecule has 0 N–H and O–H groups in total. The molecular weight excluding hydrogens is 1480 g/mol. The second kappa shape index (κ2) is 27.0.